The number of benzene rings is 2. The summed E-state index contributed by atoms with van der Waals surface area (Å²) in [6.07, 6.45) is 22.7. The normalized spacial score (nSPS) is 15.9. The van der Waals surface area contributed by atoms with Crippen molar-refractivity contribution in [1.82, 2.24) is 0 Å². The highest BCUT2D eigenvalue weighted by molar-refractivity contribution is 6.15. The molecule has 1 aliphatic rings. The number of unbranched alkanes of at least 4 members (excludes halogenated alkanes) is 11. The molecule has 0 heterocycles. The molecular weight excluding hydrogens is 789 g/mol. The minimum atomic E-state index is -1.24. The highest BCUT2D eigenvalue weighted by Gasteiger charge is 2.45. The Bertz CT molecular complexity index is 1790. The van der Waals surface area contributed by atoms with Crippen LogP contribution in [0.25, 0.3) is 5.57 Å². The van der Waals surface area contributed by atoms with Gasteiger partial charge >= 0.3 is 23.9 Å². The lowest BCUT2D eigenvalue weighted by Crippen LogP contribution is -2.45. The number of ether oxygens (including phenoxy) is 5. The van der Waals surface area contributed by atoms with Crippen LogP contribution in [0.1, 0.15) is 145 Å². The van der Waals surface area contributed by atoms with Gasteiger partial charge in [-0.1, -0.05) is 121 Å². The van der Waals surface area contributed by atoms with Gasteiger partial charge in [-0.25, -0.2) is 14.4 Å². The van der Waals surface area contributed by atoms with Crippen LogP contribution >= 0.6 is 0 Å². The van der Waals surface area contributed by atoms with Crippen LogP contribution in [0.3, 0.4) is 0 Å². The van der Waals surface area contributed by atoms with Gasteiger partial charge in [0.25, 0.3) is 0 Å². The van der Waals surface area contributed by atoms with Crippen molar-refractivity contribution in [3.63, 3.8) is 0 Å². The van der Waals surface area contributed by atoms with E-state index in [-0.39, 0.29) is 17.6 Å². The third-order valence-corrected chi connectivity index (χ3v) is 10.9. The fourth-order valence-electron chi connectivity index (χ4n) is 7.12. The Balaban J connectivity index is 1.55. The van der Waals surface area contributed by atoms with Crippen molar-refractivity contribution < 1.29 is 52.6 Å². The van der Waals surface area contributed by atoms with E-state index in [2.05, 4.69) is 20.1 Å². The van der Waals surface area contributed by atoms with Gasteiger partial charge in [0.05, 0.1) is 38.6 Å². The Hall–Kier alpha value is -5.16. The van der Waals surface area contributed by atoms with E-state index in [0.717, 1.165) is 83.5 Å². The molecule has 0 fully saturated rings. The van der Waals surface area contributed by atoms with Gasteiger partial charge in [-0.3, -0.25) is 4.79 Å². The third-order valence-electron chi connectivity index (χ3n) is 10.9. The van der Waals surface area contributed by atoms with Crippen LogP contribution in [0.2, 0.25) is 0 Å². The highest BCUT2D eigenvalue weighted by Crippen LogP contribution is 2.37. The number of esters is 4. The quantitative estimate of drug-likeness (QED) is 0.0179. The molecule has 0 aromatic heterocycles. The van der Waals surface area contributed by atoms with Crippen molar-refractivity contribution in [2.75, 3.05) is 27.4 Å². The molecule has 3 unspecified atom stereocenters. The monoisotopic (exact) mass is 858 g/mol. The predicted molar refractivity (Wildman–Crippen MR) is 242 cm³/mol. The third kappa shape index (κ3) is 17.7. The molecule has 3 atom stereocenters. The van der Waals surface area contributed by atoms with Crippen molar-refractivity contribution in [2.24, 2.45) is 5.92 Å². The van der Waals surface area contributed by atoms with Crippen LogP contribution in [0.15, 0.2) is 85.5 Å². The number of hydrogen-bond donors (Lipinski definition) is 0. The first-order valence-corrected chi connectivity index (χ1v) is 22.4. The number of aryl methyl sites for hydroxylation is 1. The number of carbonyl (C=O) groups is 4. The molecule has 3 rings (SSSR count). The van der Waals surface area contributed by atoms with Gasteiger partial charge in [-0.15, -0.1) is 0 Å². The molecule has 0 N–H and O–H groups in total. The maximum Gasteiger partial charge on any atom is 0.339 e. The first-order chi connectivity index (χ1) is 29.9. The Labute approximate surface area is 369 Å². The van der Waals surface area contributed by atoms with Gasteiger partial charge < -0.3 is 28.6 Å². The van der Waals surface area contributed by atoms with Crippen molar-refractivity contribution >= 4 is 29.5 Å². The average Bonchev–Trinajstić information content (AvgIpc) is 3.28. The molecule has 1 aliphatic carbocycles. The zero-order valence-corrected chi connectivity index (χ0v) is 37.8. The molecule has 0 radical (unpaired) electrons. The van der Waals surface area contributed by atoms with Crippen molar-refractivity contribution in [1.29, 1.82) is 0 Å². The maximum absolute atomic E-state index is 13.8. The lowest BCUT2D eigenvalue weighted by Gasteiger charge is -2.37. The zero-order chi connectivity index (χ0) is 45.2. The van der Waals surface area contributed by atoms with E-state index in [0.29, 0.717) is 67.1 Å². The summed E-state index contributed by atoms with van der Waals surface area (Å²) >= 11 is 0. The molecule has 0 amide bonds. The standard InChI is InChI=1S/C51H70O11/c1-8-9-17-25-41-27-29-42(30-28-41)49(54)60-51(33-20-18-24-39(4)61-62-45-32-31-43(37-46(45)56-6)40(5)48(53)57-7)34-21-19-26-44(51)50(55)59-36-23-16-14-12-10-11-13-15-22-35-58-47(52)38(2)3/h19,21,26-32,34,37,39,44H,2,5,8-18,20,22-25,33,35-36H2,1,3-4,6-7H3. The second kappa shape index (κ2) is 28.4. The number of allylic oxidation sites excluding steroid dienone is 2. The van der Waals surface area contributed by atoms with E-state index in [9.17, 15) is 19.2 Å². The Morgan fingerprint density at radius 2 is 1.37 bits per heavy atom. The molecule has 0 bridgehead atoms. The SMILES string of the molecule is C=C(C)C(=O)OCCCCCCCCCCCOC(=O)C1C=CC=CC1(CCCCC(C)OOc1ccc(C(=C)C(=O)OC)cc1OC)OC(=O)c1ccc(CCCCC)cc1. The molecule has 0 saturated carbocycles. The summed E-state index contributed by atoms with van der Waals surface area (Å²) in [6.45, 7) is 13.8. The van der Waals surface area contributed by atoms with Gasteiger partial charge in [0.15, 0.2) is 5.75 Å². The molecule has 11 nitrogen and oxygen atoms in total. The van der Waals surface area contributed by atoms with E-state index in [1.807, 2.05) is 31.2 Å². The Morgan fingerprint density at radius 1 is 0.726 bits per heavy atom. The molecule has 340 valence electrons. The topological polar surface area (TPSA) is 133 Å². The zero-order valence-electron chi connectivity index (χ0n) is 37.8. The fraction of sp³-hybridized carbons (Fsp3) is 0.529. The summed E-state index contributed by atoms with van der Waals surface area (Å²) in [4.78, 5) is 62.3. The van der Waals surface area contributed by atoms with Crippen LogP contribution in [0, 0.1) is 5.92 Å². The predicted octanol–water partition coefficient (Wildman–Crippen LogP) is 11.4. The minimum absolute atomic E-state index is 0.188. The van der Waals surface area contributed by atoms with Crippen LogP contribution < -0.4 is 9.62 Å². The van der Waals surface area contributed by atoms with Gasteiger partial charge in [-0.2, -0.15) is 4.89 Å². The summed E-state index contributed by atoms with van der Waals surface area (Å²) in [5, 5.41) is 0. The first-order valence-electron chi connectivity index (χ1n) is 22.4. The smallest absolute Gasteiger partial charge is 0.339 e. The molecule has 62 heavy (non-hydrogen) atoms. The molecule has 0 saturated heterocycles. The van der Waals surface area contributed by atoms with Crippen LogP contribution in [0.4, 0.5) is 0 Å². The number of rotatable bonds is 31. The fourth-order valence-corrected chi connectivity index (χ4v) is 7.12. The summed E-state index contributed by atoms with van der Waals surface area (Å²) < 4.78 is 27.6. The number of carbonyl (C=O) groups excluding carboxylic acids is 4. The van der Waals surface area contributed by atoms with E-state index >= 15 is 0 Å². The van der Waals surface area contributed by atoms with Crippen molar-refractivity contribution in [3.05, 3.63) is 102 Å². The van der Waals surface area contributed by atoms with Gasteiger partial charge in [-0.05, 0) is 100 Å². The van der Waals surface area contributed by atoms with E-state index < -0.39 is 29.4 Å². The molecule has 2 aromatic rings. The lowest BCUT2D eigenvalue weighted by atomic mass is 9.79. The molecule has 0 aliphatic heterocycles. The second-order valence-corrected chi connectivity index (χ2v) is 16.1. The Kier molecular flexibility index (Phi) is 23.5. The summed E-state index contributed by atoms with van der Waals surface area (Å²) in [5.41, 5.74) is 1.51. The summed E-state index contributed by atoms with van der Waals surface area (Å²) in [7, 11) is 2.78. The molecule has 0 spiro atoms. The number of methoxy groups -OCH3 is 2. The van der Waals surface area contributed by atoms with E-state index in [1.54, 1.807) is 49.4 Å². The maximum atomic E-state index is 13.8. The van der Waals surface area contributed by atoms with E-state index in [4.69, 9.17) is 33.5 Å². The largest absolute Gasteiger partial charge is 0.493 e. The van der Waals surface area contributed by atoms with Crippen molar-refractivity contribution in [3.8, 4) is 11.5 Å². The van der Waals surface area contributed by atoms with Gasteiger partial charge in [0.2, 0.25) is 5.75 Å². The second-order valence-electron chi connectivity index (χ2n) is 16.1. The number of hydrogen-bond acceptors (Lipinski definition) is 11. The average molecular weight is 859 g/mol. The Morgan fingerprint density at radius 3 is 2.00 bits per heavy atom. The lowest BCUT2D eigenvalue weighted by molar-refractivity contribution is -0.242. The van der Waals surface area contributed by atoms with Gasteiger partial charge in [0, 0.05) is 5.57 Å². The summed E-state index contributed by atoms with van der Waals surface area (Å²) in [6, 6.07) is 12.5. The van der Waals surface area contributed by atoms with E-state index in [1.165, 1.54) is 19.8 Å². The minimum Gasteiger partial charge on any atom is -0.493 e. The first kappa shape index (κ1) is 51.2. The molecule has 2 aromatic carbocycles. The van der Waals surface area contributed by atoms with Crippen LogP contribution in [-0.2, 0) is 44.6 Å². The van der Waals surface area contributed by atoms with Gasteiger partial charge in [0.1, 0.15) is 17.6 Å². The van der Waals surface area contributed by atoms with Crippen molar-refractivity contribution in [2.45, 2.75) is 142 Å². The summed E-state index contributed by atoms with van der Waals surface area (Å²) in [5.74, 6) is -1.89. The molecule has 11 heteroatoms. The molecular formula is C51H70O11. The highest BCUT2D eigenvalue weighted by atomic mass is 17.2. The van der Waals surface area contributed by atoms with Crippen LogP contribution in [0.5, 0.6) is 11.5 Å². The van der Waals surface area contributed by atoms with Crippen LogP contribution in [-0.4, -0.2) is 63.0 Å².